The molecule has 0 radical (unpaired) electrons. The lowest BCUT2D eigenvalue weighted by Crippen LogP contribution is -2.39. The standard InChI is InChI=1S/C26H36FN6O5P/c1-17(2)33(18(3)4)39(36-13-7-12-28)38-24-22(15-35-20-10-8-19(34-6)9-11-20)37-26(23(24)27)32-25-21(31(32)5)14-29-16-30-25/h8-11,14,16-18,22-24,26H,7,13,15H2,1-6H3/t22-,23-,24-,26-,39?/m1/s1. The van der Waals surface area contributed by atoms with Gasteiger partial charge in [-0.15, -0.1) is 0 Å². The summed E-state index contributed by atoms with van der Waals surface area (Å²) < 4.78 is 51.8. The molecule has 0 amide bonds. The fraction of sp³-hybridized carbons (Fsp3) is 0.577. The first-order valence-electron chi connectivity index (χ1n) is 12.9. The van der Waals surface area contributed by atoms with Crippen LogP contribution >= 0.6 is 8.53 Å². The first-order valence-corrected chi connectivity index (χ1v) is 14.0. The second-order valence-electron chi connectivity index (χ2n) is 9.71. The van der Waals surface area contributed by atoms with E-state index in [4.69, 9.17) is 28.5 Å². The number of halogens is 1. The van der Waals surface area contributed by atoms with Crippen molar-refractivity contribution in [3.05, 3.63) is 36.8 Å². The maximum absolute atomic E-state index is 16.3. The summed E-state index contributed by atoms with van der Waals surface area (Å²) in [6.07, 6.45) is -0.998. The van der Waals surface area contributed by atoms with Crippen LogP contribution in [0.15, 0.2) is 36.8 Å². The number of hydrogen-bond donors (Lipinski definition) is 0. The average molecular weight is 563 g/mol. The van der Waals surface area contributed by atoms with Gasteiger partial charge in [-0.05, 0) is 52.0 Å². The molecule has 1 aromatic carbocycles. The molecule has 1 aliphatic rings. The first-order chi connectivity index (χ1) is 18.8. The van der Waals surface area contributed by atoms with Gasteiger partial charge < -0.3 is 23.3 Å². The highest BCUT2D eigenvalue weighted by Crippen LogP contribution is 2.51. The molecule has 0 N–H and O–H groups in total. The van der Waals surface area contributed by atoms with Crippen LogP contribution in [-0.4, -0.2) is 74.8 Å². The Morgan fingerprint density at radius 3 is 2.51 bits per heavy atom. The molecule has 212 valence electrons. The molecule has 5 atom stereocenters. The Bertz CT molecular complexity index is 1240. The molecule has 0 saturated carbocycles. The van der Waals surface area contributed by atoms with Crippen molar-refractivity contribution in [3.63, 3.8) is 0 Å². The molecule has 4 rings (SSSR count). The van der Waals surface area contributed by atoms with Gasteiger partial charge in [0, 0.05) is 19.1 Å². The Kier molecular flexibility index (Phi) is 9.75. The Labute approximate surface area is 229 Å². The van der Waals surface area contributed by atoms with Crippen LogP contribution in [0.1, 0.15) is 40.3 Å². The van der Waals surface area contributed by atoms with Gasteiger partial charge in [0.05, 0.1) is 32.4 Å². The summed E-state index contributed by atoms with van der Waals surface area (Å²) in [5.74, 6) is 1.29. The highest BCUT2D eigenvalue weighted by Gasteiger charge is 2.51. The highest BCUT2D eigenvalue weighted by atomic mass is 31.2. The number of aryl methyl sites for hydroxylation is 1. The monoisotopic (exact) mass is 562 g/mol. The molecule has 3 aromatic rings. The van der Waals surface area contributed by atoms with Gasteiger partial charge in [-0.3, -0.25) is 4.68 Å². The Balaban J connectivity index is 1.61. The molecule has 1 unspecified atom stereocenters. The van der Waals surface area contributed by atoms with Crippen molar-refractivity contribution in [2.45, 2.75) is 70.8 Å². The Hall–Kier alpha value is -2.81. The number of methoxy groups -OCH3 is 1. The van der Waals surface area contributed by atoms with E-state index in [2.05, 4.69) is 20.7 Å². The molecule has 11 nitrogen and oxygen atoms in total. The van der Waals surface area contributed by atoms with Gasteiger partial charge in [-0.25, -0.2) is 23.7 Å². The minimum Gasteiger partial charge on any atom is -0.497 e. The molecule has 1 aliphatic heterocycles. The van der Waals surface area contributed by atoms with E-state index in [1.807, 2.05) is 27.7 Å². The first kappa shape index (κ1) is 29.2. The van der Waals surface area contributed by atoms with Crippen molar-refractivity contribution in [2.24, 2.45) is 7.05 Å². The van der Waals surface area contributed by atoms with E-state index in [-0.39, 0.29) is 31.7 Å². The Morgan fingerprint density at radius 2 is 1.87 bits per heavy atom. The van der Waals surface area contributed by atoms with Crippen molar-refractivity contribution in [3.8, 4) is 17.6 Å². The molecule has 39 heavy (non-hydrogen) atoms. The Morgan fingerprint density at radius 1 is 1.18 bits per heavy atom. The topological polar surface area (TPSA) is 109 Å². The highest BCUT2D eigenvalue weighted by molar-refractivity contribution is 7.44. The SMILES string of the molecule is COc1ccc(OC[C@H]2O[C@@H](n3c4ncncc4n3C)[C@H](F)[C@@H]2OP(OCCC#N)N(C(C)C)C(C)C)cc1. The fourth-order valence-electron chi connectivity index (χ4n) is 4.63. The zero-order valence-electron chi connectivity index (χ0n) is 23.1. The van der Waals surface area contributed by atoms with E-state index in [1.54, 1.807) is 54.0 Å². The number of aromatic nitrogens is 4. The maximum atomic E-state index is 16.3. The van der Waals surface area contributed by atoms with E-state index in [0.29, 0.717) is 17.1 Å². The third kappa shape index (κ3) is 6.34. The summed E-state index contributed by atoms with van der Waals surface area (Å²) in [6.45, 7) is 8.35. The third-order valence-electron chi connectivity index (χ3n) is 6.42. The van der Waals surface area contributed by atoms with Crippen LogP contribution in [0.3, 0.4) is 0 Å². The summed E-state index contributed by atoms with van der Waals surface area (Å²) >= 11 is 0. The van der Waals surface area contributed by atoms with Gasteiger partial charge in [0.2, 0.25) is 0 Å². The minimum absolute atomic E-state index is 0.0484. The summed E-state index contributed by atoms with van der Waals surface area (Å²) in [7, 11) is 1.69. The lowest BCUT2D eigenvalue weighted by atomic mass is 10.1. The van der Waals surface area contributed by atoms with Gasteiger partial charge in [0.25, 0.3) is 8.53 Å². The van der Waals surface area contributed by atoms with E-state index < -0.39 is 33.1 Å². The summed E-state index contributed by atoms with van der Waals surface area (Å²) in [4.78, 5) is 8.35. The van der Waals surface area contributed by atoms with Crippen LogP contribution in [0, 0.1) is 11.3 Å². The zero-order valence-corrected chi connectivity index (χ0v) is 24.0. The number of ether oxygens (including phenoxy) is 3. The maximum Gasteiger partial charge on any atom is 0.259 e. The van der Waals surface area contributed by atoms with E-state index in [9.17, 15) is 0 Å². The molecule has 3 heterocycles. The average Bonchev–Trinajstić information content (AvgIpc) is 3.21. The van der Waals surface area contributed by atoms with Crippen molar-refractivity contribution in [1.29, 1.82) is 5.26 Å². The van der Waals surface area contributed by atoms with Gasteiger partial charge in [-0.2, -0.15) is 5.26 Å². The number of hydrogen-bond acceptors (Lipinski definition) is 9. The van der Waals surface area contributed by atoms with E-state index in [0.717, 1.165) is 5.52 Å². The van der Waals surface area contributed by atoms with Crippen LogP contribution in [0.4, 0.5) is 4.39 Å². The molecule has 1 saturated heterocycles. The van der Waals surface area contributed by atoms with Crippen LogP contribution < -0.4 is 9.47 Å². The fourth-order valence-corrected chi connectivity index (χ4v) is 6.39. The molecule has 0 bridgehead atoms. The van der Waals surface area contributed by atoms with Crippen LogP contribution in [-0.2, 0) is 20.8 Å². The molecular weight excluding hydrogens is 526 g/mol. The predicted molar refractivity (Wildman–Crippen MR) is 144 cm³/mol. The second kappa shape index (κ2) is 13.0. The van der Waals surface area contributed by atoms with Gasteiger partial charge in [-0.1, -0.05) is 0 Å². The van der Waals surface area contributed by atoms with Crippen molar-refractivity contribution >= 4 is 19.7 Å². The molecule has 2 aromatic heterocycles. The number of fused-ring (bicyclic) bond motifs is 1. The van der Waals surface area contributed by atoms with Crippen LogP contribution in [0.25, 0.3) is 11.2 Å². The van der Waals surface area contributed by atoms with E-state index >= 15 is 4.39 Å². The number of nitrogens with zero attached hydrogens (tertiary/aromatic N) is 6. The minimum atomic E-state index is -1.71. The van der Waals surface area contributed by atoms with Crippen LogP contribution in [0.5, 0.6) is 11.5 Å². The summed E-state index contributed by atoms with van der Waals surface area (Å²) in [5, 5.41) is 9.05. The number of nitriles is 1. The lowest BCUT2D eigenvalue weighted by molar-refractivity contribution is -0.0509. The molecule has 13 heteroatoms. The summed E-state index contributed by atoms with van der Waals surface area (Å²) in [5.41, 5.74) is 1.35. The van der Waals surface area contributed by atoms with Crippen molar-refractivity contribution in [1.82, 2.24) is 24.0 Å². The number of alkyl halides is 1. The summed E-state index contributed by atoms with van der Waals surface area (Å²) in [6, 6.07) is 9.35. The van der Waals surface area contributed by atoms with Crippen LogP contribution in [0.2, 0.25) is 0 Å². The smallest absolute Gasteiger partial charge is 0.259 e. The molecule has 1 fully saturated rings. The second-order valence-corrected chi connectivity index (χ2v) is 11.1. The third-order valence-corrected chi connectivity index (χ3v) is 8.55. The van der Waals surface area contributed by atoms with E-state index in [1.165, 1.54) is 6.33 Å². The largest absolute Gasteiger partial charge is 0.497 e. The molecule has 0 spiro atoms. The molecule has 0 aliphatic carbocycles. The number of rotatable bonds is 13. The normalized spacial score (nSPS) is 22.2. The molecular formula is C26H36FN6O5P. The predicted octanol–water partition coefficient (Wildman–Crippen LogP) is 4.75. The van der Waals surface area contributed by atoms with Gasteiger partial charge in [0.1, 0.15) is 42.2 Å². The lowest BCUT2D eigenvalue weighted by Gasteiger charge is -2.37. The number of benzene rings is 1. The zero-order chi connectivity index (χ0) is 28.1. The quantitative estimate of drug-likeness (QED) is 0.215. The van der Waals surface area contributed by atoms with Gasteiger partial charge in [0.15, 0.2) is 18.0 Å². The van der Waals surface area contributed by atoms with Crippen molar-refractivity contribution < 1.29 is 27.6 Å². The van der Waals surface area contributed by atoms with Gasteiger partial charge >= 0.3 is 0 Å². The van der Waals surface area contributed by atoms with Crippen molar-refractivity contribution in [2.75, 3.05) is 20.3 Å².